The largest absolute Gasteiger partial charge is 0.444 e. The van der Waals surface area contributed by atoms with Crippen molar-refractivity contribution in [1.82, 2.24) is 24.1 Å². The van der Waals surface area contributed by atoms with E-state index in [0.29, 0.717) is 69.1 Å². The molecule has 2 amide bonds. The van der Waals surface area contributed by atoms with Gasteiger partial charge in [-0.1, -0.05) is 13.0 Å². The van der Waals surface area contributed by atoms with E-state index in [4.69, 9.17) is 14.5 Å². The molecule has 3 aromatic rings. The zero-order valence-corrected chi connectivity index (χ0v) is 27.2. The molecule has 0 bridgehead atoms. The quantitative estimate of drug-likeness (QED) is 0.414. The molecule has 1 fully saturated rings. The number of carbonyl (C=O) groups is 2. The number of ether oxygens (including phenoxy) is 2. The van der Waals surface area contributed by atoms with Crippen LogP contribution in [-0.2, 0) is 38.8 Å². The molecule has 1 atom stereocenters. The van der Waals surface area contributed by atoms with Gasteiger partial charge in [-0.15, -0.1) is 5.10 Å². The highest BCUT2D eigenvalue weighted by atomic mass is 19.4. The monoisotopic (exact) mass is 656 g/mol. The van der Waals surface area contributed by atoms with Gasteiger partial charge in [-0.3, -0.25) is 9.59 Å². The molecule has 252 valence electrons. The molecule has 4 heterocycles. The Hall–Kier alpha value is -4.20. The first-order valence-electron chi connectivity index (χ1n) is 15.8. The Morgan fingerprint density at radius 3 is 2.51 bits per heavy atom. The van der Waals surface area contributed by atoms with E-state index in [1.165, 1.54) is 17.5 Å². The van der Waals surface area contributed by atoms with Crippen molar-refractivity contribution in [3.63, 3.8) is 0 Å². The number of hydrogen-bond acceptors (Lipinski definition) is 7. The Labute approximate surface area is 269 Å². The van der Waals surface area contributed by atoms with E-state index in [1.54, 1.807) is 9.47 Å². The number of benzene rings is 1. The lowest BCUT2D eigenvalue weighted by molar-refractivity contribution is -0.137. The number of likely N-dealkylation sites (tertiary alicyclic amines) is 1. The standard InChI is InChI=1S/C33H39F3N6O5/c1-19-16-22(33(34,35)36)6-7-23(19)37-25(43)18-41-24-17-20(2)32(10-12-40(13-11-32)30(45)47-31(3,4)5)26(24)28(44)42-29(41)38-27(39-42)21-8-14-46-15-9-21/h6-8,16,20H,9-15,17-18H2,1-5H3,(H,37,43). The Kier molecular flexibility index (Phi) is 8.22. The minimum absolute atomic E-state index is 0.0160. The number of carbonyl (C=O) groups excluding carboxylic acids is 2. The fraction of sp³-hybridized carbons (Fsp3) is 0.545. The maximum Gasteiger partial charge on any atom is 0.416 e. The summed E-state index contributed by atoms with van der Waals surface area (Å²) < 4.78 is 53.7. The number of halogens is 3. The number of aromatic nitrogens is 4. The molecule has 1 aliphatic carbocycles. The van der Waals surface area contributed by atoms with Gasteiger partial charge in [0.15, 0.2) is 5.82 Å². The molecule has 11 nitrogen and oxygen atoms in total. The second kappa shape index (κ2) is 11.8. The Morgan fingerprint density at radius 2 is 1.89 bits per heavy atom. The van der Waals surface area contributed by atoms with Crippen molar-refractivity contribution in [2.45, 2.75) is 84.0 Å². The minimum atomic E-state index is -4.50. The number of nitrogens with zero attached hydrogens (tertiary/aromatic N) is 5. The summed E-state index contributed by atoms with van der Waals surface area (Å²) in [6, 6.07) is 3.16. The molecule has 1 unspecified atom stereocenters. The molecule has 1 aromatic carbocycles. The van der Waals surface area contributed by atoms with Crippen LogP contribution >= 0.6 is 0 Å². The topological polar surface area (TPSA) is 120 Å². The van der Waals surface area contributed by atoms with Gasteiger partial charge < -0.3 is 24.3 Å². The second-order valence-electron chi connectivity index (χ2n) is 13.7. The van der Waals surface area contributed by atoms with Gasteiger partial charge in [0.1, 0.15) is 12.1 Å². The molecule has 0 saturated carbocycles. The average molecular weight is 657 g/mol. The summed E-state index contributed by atoms with van der Waals surface area (Å²) in [4.78, 5) is 47.2. The SMILES string of the molecule is Cc1cc(C(F)(F)F)ccc1NC(=O)Cn1c2c(c(=O)n3nc(C4=CCOCC4)nc13)C1(CCN(C(=O)OC(C)(C)C)CC1)C(C)C2. The predicted molar refractivity (Wildman–Crippen MR) is 167 cm³/mol. The molecule has 1 N–H and O–H groups in total. The van der Waals surface area contributed by atoms with E-state index < -0.39 is 34.8 Å². The van der Waals surface area contributed by atoms with Crippen molar-refractivity contribution < 1.29 is 32.2 Å². The number of fused-ring (bicyclic) bond motifs is 3. The molecule has 2 aliphatic heterocycles. The zero-order chi connectivity index (χ0) is 33.9. The smallest absolute Gasteiger partial charge is 0.416 e. The van der Waals surface area contributed by atoms with Crippen molar-refractivity contribution in [3.8, 4) is 0 Å². The summed E-state index contributed by atoms with van der Waals surface area (Å²) in [7, 11) is 0. The average Bonchev–Trinajstić information content (AvgIpc) is 3.56. The van der Waals surface area contributed by atoms with Gasteiger partial charge in [0, 0.05) is 35.4 Å². The lowest BCUT2D eigenvalue weighted by atomic mass is 9.69. The van der Waals surface area contributed by atoms with Gasteiger partial charge in [-0.05, 0) is 88.6 Å². The third kappa shape index (κ3) is 6.15. The fourth-order valence-electron chi connectivity index (χ4n) is 7.05. The number of amides is 2. The summed E-state index contributed by atoms with van der Waals surface area (Å²) in [6.45, 7) is 10.5. The number of hydrogen-bond donors (Lipinski definition) is 1. The molecule has 1 saturated heterocycles. The third-order valence-corrected chi connectivity index (χ3v) is 9.48. The van der Waals surface area contributed by atoms with Gasteiger partial charge >= 0.3 is 12.3 Å². The van der Waals surface area contributed by atoms with Crippen molar-refractivity contribution in [3.05, 3.63) is 62.8 Å². The van der Waals surface area contributed by atoms with Crippen LogP contribution in [0.4, 0.5) is 23.7 Å². The number of nitrogens with one attached hydrogen (secondary N) is 1. The molecular formula is C33H39F3N6O5. The van der Waals surface area contributed by atoms with E-state index in [1.807, 2.05) is 26.8 Å². The summed E-state index contributed by atoms with van der Waals surface area (Å²) >= 11 is 0. The van der Waals surface area contributed by atoms with Crippen molar-refractivity contribution >= 4 is 29.0 Å². The van der Waals surface area contributed by atoms with Crippen LogP contribution in [0.2, 0.25) is 0 Å². The lowest BCUT2D eigenvalue weighted by Crippen LogP contribution is -2.49. The van der Waals surface area contributed by atoms with Crippen LogP contribution in [0, 0.1) is 12.8 Å². The Balaban J connectivity index is 1.39. The normalized spacial score (nSPS) is 19.5. The Bertz CT molecular complexity index is 1830. The molecular weight excluding hydrogens is 617 g/mol. The Morgan fingerprint density at radius 1 is 1.17 bits per heavy atom. The van der Waals surface area contributed by atoms with Crippen LogP contribution in [0.1, 0.15) is 75.2 Å². The summed E-state index contributed by atoms with van der Waals surface area (Å²) in [6.07, 6.45) is -0.900. The van der Waals surface area contributed by atoms with Gasteiger partial charge in [-0.25, -0.2) is 4.79 Å². The van der Waals surface area contributed by atoms with Gasteiger partial charge in [0.2, 0.25) is 11.7 Å². The summed E-state index contributed by atoms with van der Waals surface area (Å²) in [5, 5.41) is 7.37. The van der Waals surface area contributed by atoms with Crippen molar-refractivity contribution in [1.29, 1.82) is 0 Å². The highest BCUT2D eigenvalue weighted by molar-refractivity contribution is 5.91. The van der Waals surface area contributed by atoms with Gasteiger partial charge in [-0.2, -0.15) is 22.7 Å². The van der Waals surface area contributed by atoms with Crippen LogP contribution in [0.15, 0.2) is 29.1 Å². The van der Waals surface area contributed by atoms with Crippen LogP contribution in [-0.4, -0.2) is 68.0 Å². The zero-order valence-electron chi connectivity index (χ0n) is 27.2. The first kappa shape index (κ1) is 32.7. The first-order valence-corrected chi connectivity index (χ1v) is 15.8. The number of anilines is 1. The summed E-state index contributed by atoms with van der Waals surface area (Å²) in [5.74, 6) is 0.126. The highest BCUT2D eigenvalue weighted by Crippen LogP contribution is 2.49. The lowest BCUT2D eigenvalue weighted by Gasteiger charge is -2.42. The fourth-order valence-corrected chi connectivity index (χ4v) is 7.05. The molecule has 0 radical (unpaired) electrons. The van der Waals surface area contributed by atoms with E-state index in [0.717, 1.165) is 17.7 Å². The molecule has 47 heavy (non-hydrogen) atoms. The molecule has 3 aliphatic rings. The molecule has 1 spiro atoms. The van der Waals surface area contributed by atoms with Crippen LogP contribution in [0.5, 0.6) is 0 Å². The number of piperidine rings is 1. The van der Waals surface area contributed by atoms with Gasteiger partial charge in [0.25, 0.3) is 5.56 Å². The summed E-state index contributed by atoms with van der Waals surface area (Å²) in [5.41, 5.74) is 0.306. The second-order valence-corrected chi connectivity index (χ2v) is 13.7. The van der Waals surface area contributed by atoms with E-state index >= 15 is 0 Å². The van der Waals surface area contributed by atoms with Crippen molar-refractivity contribution in [2.75, 3.05) is 31.6 Å². The predicted octanol–water partition coefficient (Wildman–Crippen LogP) is 5.12. The third-order valence-electron chi connectivity index (χ3n) is 9.48. The molecule has 14 heteroatoms. The number of aryl methyl sites for hydroxylation is 1. The first-order chi connectivity index (χ1) is 22.1. The molecule has 6 rings (SSSR count). The van der Waals surface area contributed by atoms with Crippen LogP contribution in [0.3, 0.4) is 0 Å². The van der Waals surface area contributed by atoms with Crippen molar-refractivity contribution in [2.24, 2.45) is 5.92 Å². The highest BCUT2D eigenvalue weighted by Gasteiger charge is 2.51. The molecule has 2 aromatic heterocycles. The van der Waals surface area contributed by atoms with E-state index in [2.05, 4.69) is 17.3 Å². The number of rotatable bonds is 4. The maximum absolute atomic E-state index is 14.3. The van der Waals surface area contributed by atoms with Crippen LogP contribution < -0.4 is 10.9 Å². The number of alkyl halides is 3. The van der Waals surface area contributed by atoms with Gasteiger partial charge in [0.05, 0.1) is 18.8 Å². The minimum Gasteiger partial charge on any atom is -0.444 e. The van der Waals surface area contributed by atoms with E-state index in [9.17, 15) is 27.6 Å². The van der Waals surface area contributed by atoms with E-state index in [-0.39, 0.29) is 35.1 Å². The maximum atomic E-state index is 14.3. The van der Waals surface area contributed by atoms with Crippen LogP contribution in [0.25, 0.3) is 11.4 Å².